The molecule has 0 heterocycles. The highest BCUT2D eigenvalue weighted by Gasteiger charge is 2.18. The van der Waals surface area contributed by atoms with Crippen LogP contribution in [0.2, 0.25) is 0 Å². The number of rotatable bonds is 6. The molecule has 2 rings (SSSR count). The van der Waals surface area contributed by atoms with Gasteiger partial charge in [0.1, 0.15) is 17.4 Å². The molecule has 1 N–H and O–H groups in total. The number of amides is 1. The standard InChI is InChI=1S/C23H26N2O2/c1-15(2)20-7-6-8-21(16(3)4)22(20)25-23(26)18(14-24)13-17-9-11-19(27-5)12-10-17/h6-13,15-16H,1-5H3,(H,25,26)/b18-13-. The van der Waals surface area contributed by atoms with Gasteiger partial charge in [-0.15, -0.1) is 0 Å². The molecule has 0 saturated carbocycles. The fourth-order valence-corrected chi connectivity index (χ4v) is 2.89. The molecule has 2 aromatic carbocycles. The molecule has 0 unspecified atom stereocenters. The Morgan fingerprint density at radius 3 is 2.04 bits per heavy atom. The van der Waals surface area contributed by atoms with Crippen LogP contribution in [-0.4, -0.2) is 13.0 Å². The van der Waals surface area contributed by atoms with E-state index in [0.717, 1.165) is 28.1 Å². The second kappa shape index (κ2) is 9.05. The molecule has 0 spiro atoms. The molecular formula is C23H26N2O2. The molecule has 4 heteroatoms. The first kappa shape index (κ1) is 20.3. The summed E-state index contributed by atoms with van der Waals surface area (Å²) in [4.78, 5) is 12.8. The Balaban J connectivity index is 2.37. The van der Waals surface area contributed by atoms with Crippen LogP contribution in [0.5, 0.6) is 5.75 Å². The van der Waals surface area contributed by atoms with Gasteiger partial charge in [-0.3, -0.25) is 4.79 Å². The van der Waals surface area contributed by atoms with E-state index in [4.69, 9.17) is 4.74 Å². The van der Waals surface area contributed by atoms with Gasteiger partial charge < -0.3 is 10.1 Å². The number of ether oxygens (including phenoxy) is 1. The van der Waals surface area contributed by atoms with Crippen molar-refractivity contribution in [3.05, 3.63) is 64.7 Å². The minimum Gasteiger partial charge on any atom is -0.497 e. The summed E-state index contributed by atoms with van der Waals surface area (Å²) in [7, 11) is 1.59. The third-order valence-electron chi connectivity index (χ3n) is 4.40. The number of methoxy groups -OCH3 is 1. The van der Waals surface area contributed by atoms with Gasteiger partial charge in [0.05, 0.1) is 7.11 Å². The zero-order valence-electron chi connectivity index (χ0n) is 16.5. The van der Waals surface area contributed by atoms with Crippen LogP contribution >= 0.6 is 0 Å². The molecule has 0 fully saturated rings. The maximum atomic E-state index is 12.8. The van der Waals surface area contributed by atoms with Crippen molar-refractivity contribution in [1.29, 1.82) is 5.26 Å². The van der Waals surface area contributed by atoms with Crippen LogP contribution < -0.4 is 10.1 Å². The lowest BCUT2D eigenvalue weighted by atomic mass is 9.92. The van der Waals surface area contributed by atoms with Gasteiger partial charge in [-0.05, 0) is 46.7 Å². The Kier molecular flexibility index (Phi) is 6.79. The Morgan fingerprint density at radius 2 is 1.59 bits per heavy atom. The third-order valence-corrected chi connectivity index (χ3v) is 4.40. The number of benzene rings is 2. The lowest BCUT2D eigenvalue weighted by Gasteiger charge is -2.20. The summed E-state index contributed by atoms with van der Waals surface area (Å²) in [6.45, 7) is 8.36. The molecule has 0 aliphatic rings. The van der Waals surface area contributed by atoms with Crippen molar-refractivity contribution >= 4 is 17.7 Å². The average molecular weight is 362 g/mol. The Hall–Kier alpha value is -3.06. The minimum absolute atomic E-state index is 0.0634. The maximum Gasteiger partial charge on any atom is 0.266 e. The number of nitrogens with one attached hydrogen (secondary N) is 1. The first-order valence-electron chi connectivity index (χ1n) is 9.07. The van der Waals surface area contributed by atoms with Gasteiger partial charge in [0.15, 0.2) is 0 Å². The molecule has 1 amide bonds. The van der Waals surface area contributed by atoms with E-state index in [9.17, 15) is 10.1 Å². The molecule has 4 nitrogen and oxygen atoms in total. The number of carbonyl (C=O) groups is 1. The number of hydrogen-bond acceptors (Lipinski definition) is 3. The fraction of sp³-hybridized carbons (Fsp3) is 0.304. The highest BCUT2D eigenvalue weighted by molar-refractivity contribution is 6.10. The minimum atomic E-state index is -0.400. The predicted octanol–water partition coefficient (Wildman–Crippen LogP) is 5.49. The normalized spacial score (nSPS) is 11.4. The lowest BCUT2D eigenvalue weighted by Crippen LogP contribution is -2.17. The van der Waals surface area contributed by atoms with Crippen molar-refractivity contribution in [2.24, 2.45) is 0 Å². The van der Waals surface area contributed by atoms with E-state index < -0.39 is 5.91 Å². The maximum absolute atomic E-state index is 12.8. The van der Waals surface area contributed by atoms with Crippen molar-refractivity contribution in [2.75, 3.05) is 12.4 Å². The summed E-state index contributed by atoms with van der Waals surface area (Å²) in [5, 5.41) is 12.5. The van der Waals surface area contributed by atoms with Crippen molar-refractivity contribution in [1.82, 2.24) is 0 Å². The van der Waals surface area contributed by atoms with Gasteiger partial charge in [-0.2, -0.15) is 5.26 Å². The second-order valence-corrected chi connectivity index (χ2v) is 7.02. The van der Waals surface area contributed by atoms with Crippen molar-refractivity contribution in [3.8, 4) is 11.8 Å². The van der Waals surface area contributed by atoms with Crippen LogP contribution in [0.1, 0.15) is 56.2 Å². The van der Waals surface area contributed by atoms with Crippen LogP contribution in [0.15, 0.2) is 48.0 Å². The lowest BCUT2D eigenvalue weighted by molar-refractivity contribution is -0.112. The quantitative estimate of drug-likeness (QED) is 0.546. The summed E-state index contributed by atoms with van der Waals surface area (Å²) in [6, 6.07) is 15.3. The van der Waals surface area contributed by atoms with Crippen LogP contribution in [0.3, 0.4) is 0 Å². The van der Waals surface area contributed by atoms with Gasteiger partial charge in [-0.25, -0.2) is 0 Å². The van der Waals surface area contributed by atoms with Gasteiger partial charge >= 0.3 is 0 Å². The molecule has 2 aromatic rings. The van der Waals surface area contributed by atoms with Gasteiger partial charge in [0.25, 0.3) is 5.91 Å². The summed E-state index contributed by atoms with van der Waals surface area (Å²) < 4.78 is 5.13. The van der Waals surface area contributed by atoms with Crippen LogP contribution in [0, 0.1) is 11.3 Å². The van der Waals surface area contributed by atoms with Crippen molar-refractivity contribution in [3.63, 3.8) is 0 Å². The van der Waals surface area contributed by atoms with Crippen LogP contribution in [-0.2, 0) is 4.79 Å². The molecule has 0 aliphatic heterocycles. The third kappa shape index (κ3) is 4.98. The van der Waals surface area contributed by atoms with E-state index in [-0.39, 0.29) is 17.4 Å². The summed E-state index contributed by atoms with van der Waals surface area (Å²) >= 11 is 0. The summed E-state index contributed by atoms with van der Waals surface area (Å²) in [6.07, 6.45) is 1.59. The van der Waals surface area contributed by atoms with Crippen LogP contribution in [0.4, 0.5) is 5.69 Å². The molecule has 0 atom stereocenters. The Labute approximate surface area is 161 Å². The number of carbonyl (C=O) groups excluding carboxylic acids is 1. The van der Waals surface area contributed by atoms with E-state index in [2.05, 4.69) is 33.0 Å². The molecule has 140 valence electrons. The van der Waals surface area contributed by atoms with Crippen LogP contribution in [0.25, 0.3) is 6.08 Å². The summed E-state index contributed by atoms with van der Waals surface area (Å²) in [5.74, 6) is 0.844. The number of nitrogens with zero attached hydrogens (tertiary/aromatic N) is 1. The van der Waals surface area contributed by atoms with E-state index in [0.29, 0.717) is 0 Å². The molecule has 0 radical (unpaired) electrons. The molecule has 0 bridgehead atoms. The van der Waals surface area contributed by atoms with Gasteiger partial charge in [-0.1, -0.05) is 58.0 Å². The monoisotopic (exact) mass is 362 g/mol. The zero-order chi connectivity index (χ0) is 20.0. The van der Waals surface area contributed by atoms with E-state index >= 15 is 0 Å². The highest BCUT2D eigenvalue weighted by Crippen LogP contribution is 2.32. The molecule has 27 heavy (non-hydrogen) atoms. The van der Waals surface area contributed by atoms with Crippen molar-refractivity contribution in [2.45, 2.75) is 39.5 Å². The Morgan fingerprint density at radius 1 is 1.04 bits per heavy atom. The topological polar surface area (TPSA) is 62.1 Å². The molecule has 0 aromatic heterocycles. The number of para-hydroxylation sites is 1. The highest BCUT2D eigenvalue weighted by atomic mass is 16.5. The first-order chi connectivity index (χ1) is 12.9. The first-order valence-corrected chi connectivity index (χ1v) is 9.07. The Bertz CT molecular complexity index is 846. The van der Waals surface area contributed by atoms with E-state index in [1.54, 1.807) is 25.3 Å². The SMILES string of the molecule is COc1ccc(/C=C(/C#N)C(=O)Nc2c(C(C)C)cccc2C(C)C)cc1. The molecule has 0 saturated heterocycles. The smallest absolute Gasteiger partial charge is 0.266 e. The van der Waals surface area contributed by atoms with Crippen molar-refractivity contribution < 1.29 is 9.53 Å². The number of anilines is 1. The molecule has 0 aliphatic carbocycles. The largest absolute Gasteiger partial charge is 0.497 e. The summed E-state index contributed by atoms with van der Waals surface area (Å²) in [5.41, 5.74) is 3.77. The number of nitriles is 1. The predicted molar refractivity (Wildman–Crippen MR) is 110 cm³/mol. The average Bonchev–Trinajstić information content (AvgIpc) is 2.66. The number of hydrogen-bond donors (Lipinski definition) is 1. The zero-order valence-corrected chi connectivity index (χ0v) is 16.5. The molecular weight excluding hydrogens is 336 g/mol. The van der Waals surface area contributed by atoms with E-state index in [1.807, 2.05) is 36.4 Å². The second-order valence-electron chi connectivity index (χ2n) is 7.02. The fourth-order valence-electron chi connectivity index (χ4n) is 2.89. The van der Waals surface area contributed by atoms with E-state index in [1.165, 1.54) is 0 Å². The van der Waals surface area contributed by atoms with Gasteiger partial charge in [0, 0.05) is 5.69 Å². The van der Waals surface area contributed by atoms with Gasteiger partial charge in [0.2, 0.25) is 0 Å².